The Morgan fingerprint density at radius 1 is 0.438 bits per heavy atom. The van der Waals surface area contributed by atoms with Gasteiger partial charge in [0.1, 0.15) is 65.8 Å². The molecule has 2 aliphatic carbocycles. The summed E-state index contributed by atoms with van der Waals surface area (Å²) in [7, 11) is 0. The molecule has 0 saturated carbocycles. The molecule has 0 spiro atoms. The van der Waals surface area contributed by atoms with Crippen molar-refractivity contribution in [3.63, 3.8) is 0 Å². The summed E-state index contributed by atoms with van der Waals surface area (Å²) in [4.78, 5) is 0. The van der Waals surface area contributed by atoms with Gasteiger partial charge in [0.15, 0.2) is 23.3 Å². The maximum absolute atomic E-state index is 15.5. The predicted molar refractivity (Wildman–Crippen MR) is 154 cm³/mol. The third-order valence-corrected chi connectivity index (χ3v) is 7.59. The van der Waals surface area contributed by atoms with Crippen LogP contribution in [0.5, 0.6) is 0 Å². The molecule has 13 heteroatoms. The maximum Gasteiger partial charge on any atom is 0.177 e. The van der Waals surface area contributed by atoms with Gasteiger partial charge in [0.2, 0.25) is 0 Å². The van der Waals surface area contributed by atoms with Crippen LogP contribution in [0, 0.1) is 125 Å². The highest BCUT2D eigenvalue weighted by molar-refractivity contribution is 6.31. The molecule has 0 aliphatic heterocycles. The molecule has 2 aliphatic rings. The van der Waals surface area contributed by atoms with Gasteiger partial charge in [0.05, 0.1) is 27.8 Å². The van der Waals surface area contributed by atoms with Crippen molar-refractivity contribution in [1.29, 1.82) is 47.4 Å². The van der Waals surface area contributed by atoms with E-state index >= 15 is 8.78 Å². The Labute approximate surface area is 267 Å². The number of nitrogens with zero attached hydrogens (tertiary/aromatic N) is 9. The van der Waals surface area contributed by atoms with Gasteiger partial charge in [-0.2, -0.15) is 47.4 Å². The molecule has 0 saturated heterocycles. The summed E-state index contributed by atoms with van der Waals surface area (Å²) in [6.07, 6.45) is 0. The van der Waals surface area contributed by atoms with E-state index in [-0.39, 0.29) is 22.3 Å². The molecule has 0 amide bonds. The second kappa shape index (κ2) is 11.7. The van der Waals surface area contributed by atoms with E-state index in [4.69, 9.17) is 10.5 Å². The summed E-state index contributed by atoms with van der Waals surface area (Å²) in [6, 6.07) is 19.4. The molecule has 0 bridgehead atoms. The highest BCUT2D eigenvalue weighted by Crippen LogP contribution is 2.56. The van der Waals surface area contributed by atoms with E-state index in [0.717, 1.165) is 30.3 Å². The van der Waals surface area contributed by atoms with Gasteiger partial charge < -0.3 is 0 Å². The van der Waals surface area contributed by atoms with Gasteiger partial charge in [-0.15, -0.1) is 0 Å². The third-order valence-electron chi connectivity index (χ3n) is 7.59. The van der Waals surface area contributed by atoms with Crippen LogP contribution in [0.15, 0.2) is 41.5 Å². The fourth-order valence-corrected chi connectivity index (χ4v) is 5.69. The first-order chi connectivity index (χ1) is 23.1. The molecule has 0 heterocycles. The lowest BCUT2D eigenvalue weighted by atomic mass is 9.87. The lowest BCUT2D eigenvalue weighted by molar-refractivity contribution is 0.504. The van der Waals surface area contributed by atoms with Crippen molar-refractivity contribution in [1.82, 2.24) is 0 Å². The summed E-state index contributed by atoms with van der Waals surface area (Å²) >= 11 is 0. The normalized spacial score (nSPS) is 12.1. The van der Waals surface area contributed by atoms with Crippen molar-refractivity contribution in [2.45, 2.75) is 0 Å². The zero-order valence-corrected chi connectivity index (χ0v) is 23.4. The number of allylic oxidation sites excluding steroid dienone is 8. The molecule has 3 aromatic rings. The number of halogens is 4. The number of fused-ring (bicyclic) bond motifs is 2. The largest absolute Gasteiger partial charge is 0.203 e. The van der Waals surface area contributed by atoms with E-state index in [9.17, 15) is 45.6 Å². The lowest BCUT2D eigenvalue weighted by Crippen LogP contribution is -2.01. The fourth-order valence-electron chi connectivity index (χ4n) is 5.69. The number of nitriles is 9. The second-order valence-corrected chi connectivity index (χ2v) is 9.68. The summed E-state index contributed by atoms with van der Waals surface area (Å²) in [5.74, 6) is -6.47. The van der Waals surface area contributed by atoms with Crippen LogP contribution in [0.3, 0.4) is 0 Å². The maximum atomic E-state index is 15.5. The Bertz CT molecular complexity index is 2440. The summed E-state index contributed by atoms with van der Waals surface area (Å²) in [5, 5.41) is 89.0. The molecule has 0 unspecified atom stereocenters. The van der Waals surface area contributed by atoms with Gasteiger partial charge in [-0.25, -0.2) is 17.6 Å². The Balaban J connectivity index is 2.06. The van der Waals surface area contributed by atoms with Gasteiger partial charge in [-0.3, -0.25) is 0 Å². The van der Waals surface area contributed by atoms with Crippen molar-refractivity contribution >= 4 is 33.4 Å². The molecule has 0 N–H and O–H groups in total. The predicted octanol–water partition coefficient (Wildman–Crippen LogP) is 6.36. The van der Waals surface area contributed by atoms with E-state index in [1.54, 1.807) is 36.4 Å². The summed E-state index contributed by atoms with van der Waals surface area (Å²) < 4.78 is 60.7. The zero-order valence-electron chi connectivity index (χ0n) is 23.4. The van der Waals surface area contributed by atoms with Crippen LogP contribution >= 0.6 is 0 Å². The zero-order chi connectivity index (χ0) is 35.0. The number of rotatable bonds is 2. The van der Waals surface area contributed by atoms with Crippen molar-refractivity contribution in [2.24, 2.45) is 0 Å². The van der Waals surface area contributed by atoms with Gasteiger partial charge in [0.25, 0.3) is 0 Å². The Morgan fingerprint density at radius 3 is 1.10 bits per heavy atom. The molecule has 0 radical (unpaired) electrons. The average Bonchev–Trinajstić information content (AvgIpc) is 3.59. The first-order valence-electron chi connectivity index (χ1n) is 12.9. The van der Waals surface area contributed by atoms with E-state index in [1.165, 1.54) is 12.1 Å². The van der Waals surface area contributed by atoms with Crippen molar-refractivity contribution in [3.05, 3.63) is 115 Å². The van der Waals surface area contributed by atoms with Crippen LogP contribution in [0.1, 0.15) is 50.1 Å². The lowest BCUT2D eigenvalue weighted by Gasteiger charge is -2.13. The average molecular weight is 627 g/mol. The smallest absolute Gasteiger partial charge is 0.177 e. The molecule has 0 atom stereocenters. The highest BCUT2D eigenvalue weighted by Gasteiger charge is 2.41. The molecule has 48 heavy (non-hydrogen) atoms. The van der Waals surface area contributed by atoms with Crippen LogP contribution < -0.4 is 0 Å². The highest BCUT2D eigenvalue weighted by atomic mass is 19.2. The second-order valence-electron chi connectivity index (χ2n) is 9.68. The molecule has 0 aromatic heterocycles. The minimum atomic E-state index is -1.63. The van der Waals surface area contributed by atoms with Crippen molar-refractivity contribution < 1.29 is 17.6 Å². The number of hydrogen-bond donors (Lipinski definition) is 0. The van der Waals surface area contributed by atoms with Crippen LogP contribution in [0.4, 0.5) is 17.6 Å². The van der Waals surface area contributed by atoms with E-state index in [0.29, 0.717) is 0 Å². The molecule has 9 nitrogen and oxygen atoms in total. The first kappa shape index (κ1) is 31.2. The molecular weight excluding hydrogens is 622 g/mol. The molecule has 0 fully saturated rings. The Morgan fingerprint density at radius 2 is 0.812 bits per heavy atom. The summed E-state index contributed by atoms with van der Waals surface area (Å²) in [6.45, 7) is 0. The molecule has 5 rings (SSSR count). The Hall–Kier alpha value is -8.25. The van der Waals surface area contributed by atoms with Crippen LogP contribution in [0.25, 0.3) is 33.4 Å². The van der Waals surface area contributed by atoms with E-state index in [1.807, 2.05) is 6.07 Å². The van der Waals surface area contributed by atoms with Crippen LogP contribution in [-0.2, 0) is 0 Å². The first-order valence-corrected chi connectivity index (χ1v) is 12.9. The third kappa shape index (κ3) is 4.08. The van der Waals surface area contributed by atoms with Gasteiger partial charge in [-0.1, -0.05) is 0 Å². The standard InChI is InChI=1S/C35H5F4N9/c36-32-15(6-40)1-3-19(34(32)38)30-24(13-47)28-21(26(30)17(8-42)9-43)5-22-27(18(10-44)11-45)31(25(14-48)29(22)23(28)12-46)20-4-2-16(7-41)33(37)35(20)39/h1-5H. The van der Waals surface area contributed by atoms with Gasteiger partial charge >= 0.3 is 0 Å². The van der Waals surface area contributed by atoms with Crippen molar-refractivity contribution in [2.75, 3.05) is 0 Å². The number of benzene rings is 3. The summed E-state index contributed by atoms with van der Waals surface area (Å²) in [5.41, 5.74) is -9.12. The van der Waals surface area contributed by atoms with E-state index < -0.39 is 95.7 Å². The fraction of sp³-hybridized carbons (Fsp3) is 0. The van der Waals surface area contributed by atoms with Gasteiger partial charge in [0, 0.05) is 44.5 Å². The van der Waals surface area contributed by atoms with Crippen LogP contribution in [0.2, 0.25) is 0 Å². The monoisotopic (exact) mass is 627 g/mol. The van der Waals surface area contributed by atoms with Crippen molar-refractivity contribution in [3.8, 4) is 54.6 Å². The van der Waals surface area contributed by atoms with Gasteiger partial charge in [-0.05, 0) is 41.5 Å². The Kier molecular flexibility index (Phi) is 7.59. The quantitative estimate of drug-likeness (QED) is 0.228. The number of hydrogen-bond acceptors (Lipinski definition) is 9. The minimum Gasteiger partial charge on any atom is -0.203 e. The topological polar surface area (TPSA) is 214 Å². The van der Waals surface area contributed by atoms with Crippen LogP contribution in [-0.4, -0.2) is 0 Å². The van der Waals surface area contributed by atoms with E-state index in [2.05, 4.69) is 0 Å². The molecule has 3 aromatic carbocycles. The molecular formula is C35H5F4N9. The molecule has 218 valence electrons. The minimum absolute atomic E-state index is 0.281. The SMILES string of the molecule is N#CC(C#N)=C1C(c2ccc(C#N)c(F)c2F)=C(C#N)c2c1cc1c(c2C#N)C(C#N)=C(c2ccc(C#N)c(F)c2F)C1=C(C#N)C#N.